The van der Waals surface area contributed by atoms with E-state index in [1.807, 2.05) is 0 Å². The normalized spacial score (nSPS) is 39.5. The van der Waals surface area contributed by atoms with E-state index in [2.05, 4.69) is 47.0 Å². The molecule has 1 saturated carbocycles. The Kier molecular flexibility index (Phi) is 5.29. The highest BCUT2D eigenvalue weighted by atomic mass is 32.2. The van der Waals surface area contributed by atoms with Crippen LogP contribution in [0.3, 0.4) is 0 Å². The first-order valence-corrected chi connectivity index (χ1v) is 11.2. The summed E-state index contributed by atoms with van der Waals surface area (Å²) in [6.45, 7) is 0. The third-order valence-corrected chi connectivity index (χ3v) is 8.82. The van der Waals surface area contributed by atoms with Gasteiger partial charge in [-0.05, 0) is 42.6 Å². The summed E-state index contributed by atoms with van der Waals surface area (Å²) in [7, 11) is 0. The molecule has 3 fully saturated rings. The number of hydrogen-bond acceptors (Lipinski definition) is 4. The van der Waals surface area contributed by atoms with E-state index in [1.165, 1.54) is 53.8 Å². The molecule has 98 valence electrons. The van der Waals surface area contributed by atoms with Crippen molar-refractivity contribution in [1.29, 1.82) is 0 Å². The summed E-state index contributed by atoms with van der Waals surface area (Å²) < 4.78 is 0. The average Bonchev–Trinajstić information content (AvgIpc) is 3.22. The van der Waals surface area contributed by atoms with E-state index in [4.69, 9.17) is 0 Å². The molecule has 4 heteroatoms. The van der Waals surface area contributed by atoms with Crippen LogP contribution in [-0.2, 0) is 0 Å². The van der Waals surface area contributed by atoms with Gasteiger partial charge in [0.1, 0.15) is 0 Å². The lowest BCUT2D eigenvalue weighted by Gasteiger charge is -2.10. The largest absolute Gasteiger partial charge is 0.161 e. The van der Waals surface area contributed by atoms with Crippen LogP contribution in [0.2, 0.25) is 0 Å². The van der Waals surface area contributed by atoms with Gasteiger partial charge in [-0.15, -0.1) is 0 Å². The van der Waals surface area contributed by atoms with Crippen LogP contribution in [0.4, 0.5) is 0 Å². The Balaban J connectivity index is 1.22. The van der Waals surface area contributed by atoms with Gasteiger partial charge in [0.05, 0.1) is 0 Å². The summed E-state index contributed by atoms with van der Waals surface area (Å²) >= 11 is 8.75. The minimum absolute atomic E-state index is 1.03. The fraction of sp³-hybridized carbons (Fsp3) is 1.00. The minimum atomic E-state index is 1.03. The Morgan fingerprint density at radius 3 is 1.65 bits per heavy atom. The fourth-order valence-corrected chi connectivity index (χ4v) is 7.00. The fourth-order valence-electron chi connectivity index (χ4n) is 2.54. The minimum Gasteiger partial charge on any atom is -0.161 e. The lowest BCUT2D eigenvalue weighted by molar-refractivity contribution is 0.568. The van der Waals surface area contributed by atoms with Crippen LogP contribution in [-0.4, -0.2) is 45.0 Å². The van der Waals surface area contributed by atoms with Crippen molar-refractivity contribution in [3.63, 3.8) is 0 Å². The molecule has 0 aromatic heterocycles. The molecule has 3 rings (SSSR count). The molecular weight excluding hydrogens is 284 g/mol. The molecule has 3 aliphatic rings. The molecule has 2 saturated heterocycles. The second-order valence-corrected chi connectivity index (χ2v) is 10.3. The zero-order valence-corrected chi connectivity index (χ0v) is 13.6. The first-order chi connectivity index (χ1) is 8.40. The van der Waals surface area contributed by atoms with Crippen molar-refractivity contribution in [3.8, 4) is 0 Å². The van der Waals surface area contributed by atoms with Crippen molar-refractivity contribution in [3.05, 3.63) is 0 Å². The summed E-state index contributed by atoms with van der Waals surface area (Å²) in [6, 6.07) is 0. The summed E-state index contributed by atoms with van der Waals surface area (Å²) in [5, 5.41) is 2.06. The summed E-state index contributed by atoms with van der Waals surface area (Å²) in [5.74, 6) is 10.8. The second kappa shape index (κ2) is 6.71. The Morgan fingerprint density at radius 1 is 0.765 bits per heavy atom. The molecule has 0 nitrogen and oxygen atoms in total. The van der Waals surface area contributed by atoms with Crippen LogP contribution in [0.15, 0.2) is 0 Å². The van der Waals surface area contributed by atoms with Crippen LogP contribution < -0.4 is 0 Å². The average molecular weight is 307 g/mol. The molecule has 2 heterocycles. The van der Waals surface area contributed by atoms with Crippen LogP contribution in [0, 0.1) is 11.8 Å². The highest BCUT2D eigenvalue weighted by Crippen LogP contribution is 2.39. The molecule has 0 spiro atoms. The zero-order chi connectivity index (χ0) is 11.5. The van der Waals surface area contributed by atoms with Crippen LogP contribution in [0.25, 0.3) is 0 Å². The third kappa shape index (κ3) is 5.12. The van der Waals surface area contributed by atoms with Crippen molar-refractivity contribution < 1.29 is 0 Å². The molecule has 0 bridgehead atoms. The maximum atomic E-state index is 2.23. The SMILES string of the molecule is C1CC(CSCC2CS2)CC1CSCC1CS1. The summed E-state index contributed by atoms with van der Waals surface area (Å²) in [4.78, 5) is 0. The van der Waals surface area contributed by atoms with Gasteiger partial charge < -0.3 is 0 Å². The predicted octanol–water partition coefficient (Wildman–Crippen LogP) is 4.10. The molecule has 0 amide bonds. The number of hydrogen-bond donors (Lipinski definition) is 0. The lowest BCUT2D eigenvalue weighted by atomic mass is 10.1. The van der Waals surface area contributed by atoms with E-state index < -0.39 is 0 Å². The van der Waals surface area contributed by atoms with E-state index in [0.717, 1.165) is 22.3 Å². The number of thioether (sulfide) groups is 4. The van der Waals surface area contributed by atoms with Crippen molar-refractivity contribution in [2.75, 3.05) is 34.5 Å². The smallest absolute Gasteiger partial charge is 0.0229 e. The van der Waals surface area contributed by atoms with Gasteiger partial charge in [-0.2, -0.15) is 47.0 Å². The first-order valence-electron chi connectivity index (χ1n) is 6.79. The van der Waals surface area contributed by atoms with Gasteiger partial charge in [0, 0.05) is 33.5 Å². The molecular formula is C13H22S4. The van der Waals surface area contributed by atoms with E-state index in [-0.39, 0.29) is 0 Å². The van der Waals surface area contributed by atoms with E-state index in [1.54, 1.807) is 0 Å². The summed E-state index contributed by atoms with van der Waals surface area (Å²) in [6.07, 6.45) is 4.58. The van der Waals surface area contributed by atoms with Gasteiger partial charge >= 0.3 is 0 Å². The topological polar surface area (TPSA) is 0 Å². The Bertz CT molecular complexity index is 214. The van der Waals surface area contributed by atoms with Crippen LogP contribution in [0.1, 0.15) is 19.3 Å². The van der Waals surface area contributed by atoms with Crippen molar-refractivity contribution in [2.45, 2.75) is 29.8 Å². The standard InChI is InChI=1S/C13H22S4/c1-2-11(5-15-7-13-9-17-13)3-10(1)4-14-6-12-8-16-12/h10-13H,1-9H2. The first kappa shape index (κ1) is 13.4. The van der Waals surface area contributed by atoms with Crippen molar-refractivity contribution in [1.82, 2.24) is 0 Å². The maximum Gasteiger partial charge on any atom is 0.0229 e. The molecule has 4 atom stereocenters. The molecule has 17 heavy (non-hydrogen) atoms. The molecule has 1 aliphatic carbocycles. The van der Waals surface area contributed by atoms with E-state index >= 15 is 0 Å². The second-order valence-electron chi connectivity index (χ2n) is 5.53. The van der Waals surface area contributed by atoms with Crippen LogP contribution in [0.5, 0.6) is 0 Å². The van der Waals surface area contributed by atoms with Crippen LogP contribution >= 0.6 is 47.0 Å². The summed E-state index contributed by atoms with van der Waals surface area (Å²) in [5.41, 5.74) is 0. The third-order valence-electron chi connectivity index (χ3n) is 3.77. The van der Waals surface area contributed by atoms with Crippen molar-refractivity contribution >= 4 is 47.0 Å². The Labute approximate surface area is 123 Å². The van der Waals surface area contributed by atoms with Gasteiger partial charge in [0.15, 0.2) is 0 Å². The Hall–Kier alpha value is 1.40. The molecule has 0 N–H and O–H groups in total. The molecule has 4 unspecified atom stereocenters. The van der Waals surface area contributed by atoms with Gasteiger partial charge in [-0.3, -0.25) is 0 Å². The van der Waals surface area contributed by atoms with Gasteiger partial charge in [0.2, 0.25) is 0 Å². The number of rotatable bonds is 8. The zero-order valence-electron chi connectivity index (χ0n) is 10.3. The molecule has 0 aromatic rings. The Morgan fingerprint density at radius 2 is 1.24 bits per heavy atom. The quantitative estimate of drug-likeness (QED) is 0.619. The highest BCUT2D eigenvalue weighted by Gasteiger charge is 2.27. The highest BCUT2D eigenvalue weighted by molar-refractivity contribution is 8.09. The van der Waals surface area contributed by atoms with Crippen molar-refractivity contribution in [2.24, 2.45) is 11.8 Å². The maximum absolute atomic E-state index is 2.23. The van der Waals surface area contributed by atoms with E-state index in [9.17, 15) is 0 Å². The van der Waals surface area contributed by atoms with E-state index in [0.29, 0.717) is 0 Å². The van der Waals surface area contributed by atoms with Gasteiger partial charge in [0.25, 0.3) is 0 Å². The van der Waals surface area contributed by atoms with Gasteiger partial charge in [-0.1, -0.05) is 0 Å². The molecule has 2 aliphatic heterocycles. The molecule has 0 radical (unpaired) electrons. The van der Waals surface area contributed by atoms with Gasteiger partial charge in [-0.25, -0.2) is 0 Å². The lowest BCUT2D eigenvalue weighted by Crippen LogP contribution is -2.04. The monoisotopic (exact) mass is 306 g/mol. The predicted molar refractivity (Wildman–Crippen MR) is 88.0 cm³/mol. The molecule has 0 aromatic carbocycles.